The van der Waals surface area contributed by atoms with E-state index >= 15 is 0 Å². The van der Waals surface area contributed by atoms with Crippen LogP contribution in [0.4, 0.5) is 0 Å². The monoisotopic (exact) mass is 434 g/mol. The number of hydrogen-bond donors (Lipinski definition) is 1. The molecule has 5 nitrogen and oxygen atoms in total. The minimum absolute atomic E-state index is 0.306. The number of nitrogens with one attached hydrogen (secondary N) is 1. The standard InChI is InChI=1S/C27H34N2O3/c1-17(2)16-32-29-18(3)19-9-11-20(12-10-19)22-7-6-8-24-27(22)23-14-26(31-5)25(30-4)13-21(23)15-28-24/h9-15,17,22,24,27,29H,3,6-8,16H2,1-2,4-5H3/t22?,24-,27-/m1/s1. The number of nitrogens with zero attached hydrogens (tertiary/aromatic N) is 1. The summed E-state index contributed by atoms with van der Waals surface area (Å²) in [5.74, 6) is 2.75. The summed E-state index contributed by atoms with van der Waals surface area (Å²) in [5.41, 5.74) is 8.58. The van der Waals surface area contributed by atoms with Gasteiger partial charge in [-0.25, -0.2) is 0 Å². The Hall–Kier alpha value is -2.79. The van der Waals surface area contributed by atoms with Crippen molar-refractivity contribution in [2.75, 3.05) is 20.8 Å². The van der Waals surface area contributed by atoms with Crippen LogP contribution in [0.3, 0.4) is 0 Å². The van der Waals surface area contributed by atoms with Crippen molar-refractivity contribution in [1.29, 1.82) is 0 Å². The summed E-state index contributed by atoms with van der Waals surface area (Å²) in [6.07, 6.45) is 5.47. The first-order valence-corrected chi connectivity index (χ1v) is 11.5. The number of hydrogen-bond acceptors (Lipinski definition) is 5. The molecule has 1 aliphatic heterocycles. The summed E-state index contributed by atoms with van der Waals surface area (Å²) in [4.78, 5) is 10.5. The zero-order chi connectivity index (χ0) is 22.7. The molecule has 1 unspecified atom stereocenters. The van der Waals surface area contributed by atoms with Crippen LogP contribution in [-0.2, 0) is 4.84 Å². The third kappa shape index (κ3) is 4.53. The molecule has 4 rings (SSSR count). The number of hydroxylamine groups is 1. The van der Waals surface area contributed by atoms with Crippen LogP contribution in [0, 0.1) is 5.92 Å². The van der Waals surface area contributed by atoms with Crippen molar-refractivity contribution in [3.8, 4) is 11.5 Å². The van der Waals surface area contributed by atoms with E-state index in [-0.39, 0.29) is 0 Å². The van der Waals surface area contributed by atoms with Gasteiger partial charge in [0.05, 0.1) is 32.6 Å². The van der Waals surface area contributed by atoms with Gasteiger partial charge in [-0.3, -0.25) is 15.3 Å². The second kappa shape index (κ2) is 9.78. The Labute approximate surface area is 191 Å². The maximum absolute atomic E-state index is 5.61. The first-order valence-electron chi connectivity index (χ1n) is 11.5. The normalized spacial score (nSPS) is 21.6. The number of rotatable bonds is 8. The molecular formula is C27H34N2O3. The van der Waals surface area contributed by atoms with E-state index in [0.717, 1.165) is 41.2 Å². The first-order chi connectivity index (χ1) is 15.5. The predicted molar refractivity (Wildman–Crippen MR) is 130 cm³/mol. The molecule has 32 heavy (non-hydrogen) atoms. The number of aliphatic imine (C=N–C) groups is 1. The minimum atomic E-state index is 0.306. The van der Waals surface area contributed by atoms with Crippen molar-refractivity contribution in [2.24, 2.45) is 10.9 Å². The molecular weight excluding hydrogens is 400 g/mol. The quantitative estimate of drug-likeness (QED) is 0.541. The van der Waals surface area contributed by atoms with Crippen LogP contribution in [0.1, 0.15) is 67.2 Å². The molecule has 1 saturated carbocycles. The molecule has 0 saturated heterocycles. The van der Waals surface area contributed by atoms with Crippen LogP contribution in [0.2, 0.25) is 0 Å². The fourth-order valence-corrected chi connectivity index (χ4v) is 4.91. The minimum Gasteiger partial charge on any atom is -0.493 e. The molecule has 0 bridgehead atoms. The van der Waals surface area contributed by atoms with E-state index in [1.165, 1.54) is 17.5 Å². The molecule has 3 atom stereocenters. The molecule has 0 radical (unpaired) electrons. The third-order valence-corrected chi connectivity index (χ3v) is 6.52. The molecule has 1 heterocycles. The lowest BCUT2D eigenvalue weighted by molar-refractivity contribution is 0.0582. The van der Waals surface area contributed by atoms with Crippen molar-refractivity contribution in [3.05, 3.63) is 65.2 Å². The van der Waals surface area contributed by atoms with E-state index in [0.29, 0.717) is 30.4 Å². The number of fused-ring (bicyclic) bond motifs is 3. The fourth-order valence-electron chi connectivity index (χ4n) is 4.91. The Balaban J connectivity index is 1.59. The molecule has 5 heteroatoms. The van der Waals surface area contributed by atoms with Gasteiger partial charge in [0, 0.05) is 12.1 Å². The van der Waals surface area contributed by atoms with E-state index in [1.807, 2.05) is 6.21 Å². The summed E-state index contributed by atoms with van der Waals surface area (Å²) in [6.45, 7) is 9.00. The Kier molecular flexibility index (Phi) is 6.85. The SMILES string of the molecule is C=C(NOCC(C)C)c1ccc(C2CCC[C@H]3N=Cc4cc(OC)c(OC)cc4[C@@H]23)cc1. The first kappa shape index (κ1) is 22.4. The fraction of sp³-hybridized carbons (Fsp3) is 0.444. The summed E-state index contributed by atoms with van der Waals surface area (Å²) < 4.78 is 11.1. The van der Waals surface area contributed by atoms with Crippen molar-refractivity contribution in [3.63, 3.8) is 0 Å². The zero-order valence-electron chi connectivity index (χ0n) is 19.6. The van der Waals surface area contributed by atoms with Gasteiger partial charge in [0.25, 0.3) is 0 Å². The molecule has 1 fully saturated rings. The summed E-state index contributed by atoms with van der Waals surface area (Å²) in [5, 5.41) is 0. The largest absolute Gasteiger partial charge is 0.493 e. The van der Waals surface area contributed by atoms with E-state index in [4.69, 9.17) is 19.3 Å². The Morgan fingerprint density at radius 1 is 1.09 bits per heavy atom. The van der Waals surface area contributed by atoms with Gasteiger partial charge >= 0.3 is 0 Å². The van der Waals surface area contributed by atoms with Crippen LogP contribution in [0.5, 0.6) is 11.5 Å². The predicted octanol–water partition coefficient (Wildman–Crippen LogP) is 5.70. The molecule has 0 spiro atoms. The summed E-state index contributed by atoms with van der Waals surface area (Å²) in [7, 11) is 3.37. The molecule has 2 aromatic rings. The van der Waals surface area contributed by atoms with Crippen LogP contribution in [0.15, 0.2) is 48.0 Å². The van der Waals surface area contributed by atoms with Gasteiger partial charge < -0.3 is 9.47 Å². The molecule has 2 aliphatic rings. The van der Waals surface area contributed by atoms with Gasteiger partial charge in [0.2, 0.25) is 0 Å². The van der Waals surface area contributed by atoms with Crippen LogP contribution in [-0.4, -0.2) is 33.1 Å². The average Bonchev–Trinajstić information content (AvgIpc) is 2.82. The van der Waals surface area contributed by atoms with Gasteiger partial charge in [-0.2, -0.15) is 0 Å². The van der Waals surface area contributed by atoms with Crippen molar-refractivity contribution >= 4 is 11.9 Å². The summed E-state index contributed by atoms with van der Waals surface area (Å²) in [6, 6.07) is 13.2. The van der Waals surface area contributed by atoms with E-state index in [9.17, 15) is 0 Å². The van der Waals surface area contributed by atoms with Crippen LogP contribution >= 0.6 is 0 Å². The second-order valence-electron chi connectivity index (χ2n) is 9.15. The van der Waals surface area contributed by atoms with Crippen molar-refractivity contribution in [2.45, 2.75) is 51.0 Å². The Morgan fingerprint density at radius 2 is 1.81 bits per heavy atom. The summed E-state index contributed by atoms with van der Waals surface area (Å²) >= 11 is 0. The topological polar surface area (TPSA) is 52.1 Å². The van der Waals surface area contributed by atoms with Crippen LogP contribution < -0.4 is 15.0 Å². The van der Waals surface area contributed by atoms with Gasteiger partial charge in [-0.15, -0.1) is 0 Å². The van der Waals surface area contributed by atoms with Crippen molar-refractivity contribution < 1.29 is 14.3 Å². The molecule has 1 N–H and O–H groups in total. The van der Waals surface area contributed by atoms with E-state index in [1.54, 1.807) is 14.2 Å². The molecule has 0 amide bonds. The maximum Gasteiger partial charge on any atom is 0.161 e. The molecule has 0 aromatic heterocycles. The highest BCUT2D eigenvalue weighted by Crippen LogP contribution is 2.49. The van der Waals surface area contributed by atoms with Crippen LogP contribution in [0.25, 0.3) is 5.70 Å². The smallest absolute Gasteiger partial charge is 0.161 e. The van der Waals surface area contributed by atoms with Gasteiger partial charge in [0.15, 0.2) is 11.5 Å². The molecule has 1 aliphatic carbocycles. The average molecular weight is 435 g/mol. The third-order valence-electron chi connectivity index (χ3n) is 6.52. The zero-order valence-corrected chi connectivity index (χ0v) is 19.6. The highest BCUT2D eigenvalue weighted by atomic mass is 16.6. The number of ether oxygens (including phenoxy) is 2. The lowest BCUT2D eigenvalue weighted by Crippen LogP contribution is -2.31. The van der Waals surface area contributed by atoms with E-state index < -0.39 is 0 Å². The Bertz CT molecular complexity index is 981. The number of methoxy groups -OCH3 is 2. The van der Waals surface area contributed by atoms with Gasteiger partial charge in [0.1, 0.15) is 0 Å². The lowest BCUT2D eigenvalue weighted by Gasteiger charge is -2.40. The molecule has 2 aromatic carbocycles. The highest BCUT2D eigenvalue weighted by Gasteiger charge is 2.38. The van der Waals surface area contributed by atoms with Gasteiger partial charge in [-0.1, -0.05) is 51.1 Å². The number of benzene rings is 2. The molecule has 170 valence electrons. The van der Waals surface area contributed by atoms with Crippen molar-refractivity contribution in [1.82, 2.24) is 5.48 Å². The second-order valence-corrected chi connectivity index (χ2v) is 9.15. The maximum atomic E-state index is 5.61. The Morgan fingerprint density at radius 3 is 2.50 bits per heavy atom. The highest BCUT2D eigenvalue weighted by molar-refractivity contribution is 5.85. The lowest BCUT2D eigenvalue weighted by atomic mass is 9.68. The van der Waals surface area contributed by atoms with Gasteiger partial charge in [-0.05, 0) is 59.1 Å². The van der Waals surface area contributed by atoms with E-state index in [2.05, 4.69) is 62.3 Å².